The molecule has 0 saturated heterocycles. The van der Waals surface area contributed by atoms with Gasteiger partial charge in [0.05, 0.1) is 24.5 Å². The topological polar surface area (TPSA) is 61.1 Å². The minimum Gasteiger partial charge on any atom is -0.481 e. The molecule has 0 bridgehead atoms. The molecule has 6 heteroatoms. The highest BCUT2D eigenvalue weighted by Gasteiger charge is 2.31. The van der Waals surface area contributed by atoms with Crippen LogP contribution in [0.5, 0.6) is 0 Å². The minimum absolute atomic E-state index is 0.0221. The summed E-state index contributed by atoms with van der Waals surface area (Å²) in [4.78, 5) is 10.5. The lowest BCUT2D eigenvalue weighted by Gasteiger charge is -2.10. The monoisotopic (exact) mass is 243 g/mol. The first-order valence-electron chi connectivity index (χ1n) is 4.62. The van der Waals surface area contributed by atoms with Gasteiger partial charge >= 0.3 is 12.1 Å². The van der Waals surface area contributed by atoms with Gasteiger partial charge in [-0.3, -0.25) is 4.79 Å². The molecule has 0 aliphatic carbocycles. The summed E-state index contributed by atoms with van der Waals surface area (Å²) in [6, 6.07) is 4.55. The van der Waals surface area contributed by atoms with Crippen molar-refractivity contribution in [2.75, 3.05) is 0 Å². The predicted molar refractivity (Wildman–Crippen MR) is 52.1 cm³/mol. The Kier molecular flexibility index (Phi) is 3.73. The van der Waals surface area contributed by atoms with E-state index < -0.39 is 24.1 Å². The van der Waals surface area contributed by atoms with Gasteiger partial charge in [0.2, 0.25) is 0 Å². The molecule has 1 aromatic rings. The fourth-order valence-electron chi connectivity index (χ4n) is 1.39. The van der Waals surface area contributed by atoms with Crippen molar-refractivity contribution in [1.82, 2.24) is 0 Å². The van der Waals surface area contributed by atoms with Crippen molar-refractivity contribution in [2.45, 2.75) is 19.0 Å². The van der Waals surface area contributed by atoms with E-state index in [9.17, 15) is 18.0 Å². The van der Waals surface area contributed by atoms with Gasteiger partial charge in [0.15, 0.2) is 0 Å². The summed E-state index contributed by atoms with van der Waals surface area (Å²) >= 11 is 0. The number of halogens is 3. The first-order chi connectivity index (χ1) is 7.84. The van der Waals surface area contributed by atoms with Gasteiger partial charge in [0.25, 0.3) is 0 Å². The largest absolute Gasteiger partial charge is 0.481 e. The normalized spacial score (nSPS) is 10.9. The molecule has 3 nitrogen and oxygen atoms in total. The molecule has 90 valence electrons. The zero-order valence-electron chi connectivity index (χ0n) is 8.58. The lowest BCUT2D eigenvalue weighted by Crippen LogP contribution is -2.09. The Bertz CT molecular complexity index is 475. The van der Waals surface area contributed by atoms with Crippen LogP contribution in [0.15, 0.2) is 18.2 Å². The molecule has 1 N–H and O–H groups in total. The molecule has 0 atom stereocenters. The first-order valence-corrected chi connectivity index (χ1v) is 4.62. The first kappa shape index (κ1) is 13.0. The van der Waals surface area contributed by atoms with E-state index in [0.29, 0.717) is 5.56 Å². The van der Waals surface area contributed by atoms with Crippen molar-refractivity contribution >= 4 is 5.97 Å². The molecule has 0 fully saturated rings. The molecular weight excluding hydrogens is 235 g/mol. The molecule has 0 aliphatic rings. The molecule has 0 spiro atoms. The number of rotatable bonds is 3. The number of carbonyl (C=O) groups is 1. The molecule has 0 unspecified atom stereocenters. The molecule has 0 aromatic heterocycles. The number of nitrogens with zero attached hydrogens (tertiary/aromatic N) is 1. The van der Waals surface area contributed by atoms with Crippen LogP contribution in [0, 0.1) is 11.3 Å². The van der Waals surface area contributed by atoms with Crippen LogP contribution in [0.3, 0.4) is 0 Å². The fourth-order valence-corrected chi connectivity index (χ4v) is 1.39. The third kappa shape index (κ3) is 3.48. The summed E-state index contributed by atoms with van der Waals surface area (Å²) in [5.74, 6) is -1.23. The maximum Gasteiger partial charge on any atom is 0.416 e. The van der Waals surface area contributed by atoms with Crippen molar-refractivity contribution in [3.63, 3.8) is 0 Å². The number of hydrogen-bond donors (Lipinski definition) is 1. The summed E-state index contributed by atoms with van der Waals surface area (Å²) in [6.45, 7) is 0. The molecule has 0 radical (unpaired) electrons. The zero-order valence-corrected chi connectivity index (χ0v) is 8.58. The maximum atomic E-state index is 12.4. The molecule has 1 rings (SSSR count). The second-order valence-corrected chi connectivity index (χ2v) is 3.39. The van der Waals surface area contributed by atoms with E-state index in [4.69, 9.17) is 10.4 Å². The molecule has 0 aliphatic heterocycles. The molecule has 17 heavy (non-hydrogen) atoms. The smallest absolute Gasteiger partial charge is 0.416 e. The van der Waals surface area contributed by atoms with Crippen LogP contribution in [0.1, 0.15) is 16.7 Å². The van der Waals surface area contributed by atoms with E-state index in [1.54, 1.807) is 6.07 Å². The van der Waals surface area contributed by atoms with E-state index in [2.05, 4.69) is 0 Å². The Balaban J connectivity index is 3.19. The SMILES string of the molecule is N#CCc1ccc(C(F)(F)F)cc1CC(=O)O. The number of hydrogen-bond acceptors (Lipinski definition) is 2. The van der Waals surface area contributed by atoms with Crippen LogP contribution in [-0.4, -0.2) is 11.1 Å². The van der Waals surface area contributed by atoms with Crippen molar-refractivity contribution in [2.24, 2.45) is 0 Å². The van der Waals surface area contributed by atoms with E-state index >= 15 is 0 Å². The van der Waals surface area contributed by atoms with Crippen LogP contribution in [0.2, 0.25) is 0 Å². The summed E-state index contributed by atoms with van der Waals surface area (Å²) in [7, 11) is 0. The van der Waals surface area contributed by atoms with Gasteiger partial charge in [-0.2, -0.15) is 18.4 Å². The van der Waals surface area contributed by atoms with Gasteiger partial charge in [0, 0.05) is 0 Å². The number of benzene rings is 1. The van der Waals surface area contributed by atoms with Crippen molar-refractivity contribution in [3.8, 4) is 6.07 Å². The van der Waals surface area contributed by atoms with Crippen LogP contribution < -0.4 is 0 Å². The number of aliphatic carboxylic acids is 1. The van der Waals surface area contributed by atoms with Gasteiger partial charge in [-0.25, -0.2) is 0 Å². The van der Waals surface area contributed by atoms with Crippen molar-refractivity contribution < 1.29 is 23.1 Å². The van der Waals surface area contributed by atoms with E-state index in [1.807, 2.05) is 0 Å². The molecule has 0 amide bonds. The maximum absolute atomic E-state index is 12.4. The van der Waals surface area contributed by atoms with Gasteiger partial charge in [0.1, 0.15) is 0 Å². The summed E-state index contributed by atoms with van der Waals surface area (Å²) in [5.41, 5.74) is -0.577. The zero-order chi connectivity index (χ0) is 13.1. The minimum atomic E-state index is -4.52. The Morgan fingerprint density at radius 3 is 2.47 bits per heavy atom. The van der Waals surface area contributed by atoms with E-state index in [1.165, 1.54) is 0 Å². The lowest BCUT2D eigenvalue weighted by molar-refractivity contribution is -0.138. The Hall–Kier alpha value is -2.03. The second-order valence-electron chi connectivity index (χ2n) is 3.39. The van der Waals surface area contributed by atoms with Gasteiger partial charge < -0.3 is 5.11 Å². The van der Waals surface area contributed by atoms with Gasteiger partial charge in [-0.1, -0.05) is 6.07 Å². The van der Waals surface area contributed by atoms with Crippen LogP contribution in [0.25, 0.3) is 0 Å². The molecule has 0 heterocycles. The lowest BCUT2D eigenvalue weighted by atomic mass is 9.99. The highest BCUT2D eigenvalue weighted by atomic mass is 19.4. The molecule has 0 saturated carbocycles. The van der Waals surface area contributed by atoms with Crippen LogP contribution in [0.4, 0.5) is 13.2 Å². The fraction of sp³-hybridized carbons (Fsp3) is 0.273. The van der Waals surface area contributed by atoms with Gasteiger partial charge in [-0.15, -0.1) is 0 Å². The third-order valence-corrected chi connectivity index (χ3v) is 2.14. The number of nitriles is 1. The summed E-state index contributed by atoms with van der Waals surface area (Å²) in [6.07, 6.45) is -5.15. The van der Waals surface area contributed by atoms with Crippen molar-refractivity contribution in [1.29, 1.82) is 5.26 Å². The van der Waals surface area contributed by atoms with E-state index in [0.717, 1.165) is 18.2 Å². The summed E-state index contributed by atoms with van der Waals surface area (Å²) in [5, 5.41) is 17.1. The molecular formula is C11H8F3NO2. The Labute approximate surface area is 95.1 Å². The average Bonchev–Trinajstić information content (AvgIpc) is 2.18. The average molecular weight is 243 g/mol. The second kappa shape index (κ2) is 4.87. The Morgan fingerprint density at radius 1 is 1.35 bits per heavy atom. The highest BCUT2D eigenvalue weighted by molar-refractivity contribution is 5.71. The number of alkyl halides is 3. The highest BCUT2D eigenvalue weighted by Crippen LogP contribution is 2.30. The standard InChI is InChI=1S/C11H8F3NO2/c12-11(13,14)9-2-1-7(3-4-15)8(5-9)6-10(16)17/h1-2,5H,3,6H2,(H,16,17). The number of carboxylic acid groups (broad SMARTS) is 1. The summed E-state index contributed by atoms with van der Waals surface area (Å²) < 4.78 is 37.2. The Morgan fingerprint density at radius 2 is 2.00 bits per heavy atom. The van der Waals surface area contributed by atoms with Crippen LogP contribution >= 0.6 is 0 Å². The van der Waals surface area contributed by atoms with Gasteiger partial charge in [-0.05, 0) is 23.3 Å². The molecule has 1 aromatic carbocycles. The van der Waals surface area contributed by atoms with E-state index in [-0.39, 0.29) is 12.0 Å². The third-order valence-electron chi connectivity index (χ3n) is 2.14. The van der Waals surface area contributed by atoms with Crippen LogP contribution in [-0.2, 0) is 23.8 Å². The van der Waals surface area contributed by atoms with Crippen molar-refractivity contribution in [3.05, 3.63) is 34.9 Å². The predicted octanol–water partition coefficient (Wildman–Crippen LogP) is 2.40. The number of carboxylic acids is 1. The quantitative estimate of drug-likeness (QED) is 0.886.